The van der Waals surface area contributed by atoms with Gasteiger partial charge in [-0.15, -0.1) is 0 Å². The molecule has 0 aromatic heterocycles. The van der Waals surface area contributed by atoms with Gasteiger partial charge in [0.1, 0.15) is 0 Å². The van der Waals surface area contributed by atoms with Crippen LogP contribution in [0.1, 0.15) is 49.3 Å². The monoisotopic (exact) mass is 292 g/mol. The Bertz CT molecular complexity index is 400. The minimum Gasteiger partial charge on any atom is -0.329 e. The first-order chi connectivity index (χ1) is 9.71. The number of nitrogens with zero attached hydrogens (tertiary/aromatic N) is 1. The summed E-state index contributed by atoms with van der Waals surface area (Å²) in [6.07, 6.45) is 6.09. The lowest BCUT2D eigenvalue weighted by atomic mass is 10.0. The molecule has 0 heterocycles. The Morgan fingerprint density at radius 3 is 2.40 bits per heavy atom. The highest BCUT2D eigenvalue weighted by Gasteiger charge is 2.25. The van der Waals surface area contributed by atoms with Gasteiger partial charge in [-0.1, -0.05) is 31.2 Å². The number of benzene rings is 1. The first kappa shape index (κ1) is 15.9. The zero-order valence-corrected chi connectivity index (χ0v) is 13.8. The van der Waals surface area contributed by atoms with E-state index in [0.717, 1.165) is 5.92 Å². The van der Waals surface area contributed by atoms with Crippen LogP contribution in [0.2, 0.25) is 0 Å². The Morgan fingerprint density at radius 1 is 1.30 bits per heavy atom. The van der Waals surface area contributed by atoms with Gasteiger partial charge in [0.2, 0.25) is 0 Å². The average molecular weight is 292 g/mol. The highest BCUT2D eigenvalue weighted by atomic mass is 32.2. The van der Waals surface area contributed by atoms with Crippen molar-refractivity contribution in [2.45, 2.75) is 44.2 Å². The maximum atomic E-state index is 6.06. The molecule has 0 aliphatic heterocycles. The van der Waals surface area contributed by atoms with Crippen molar-refractivity contribution in [2.24, 2.45) is 5.73 Å². The van der Waals surface area contributed by atoms with Gasteiger partial charge in [0.15, 0.2) is 0 Å². The third-order valence-electron chi connectivity index (χ3n) is 4.49. The number of hydrogen-bond acceptors (Lipinski definition) is 3. The second-order valence-electron chi connectivity index (χ2n) is 5.88. The molecule has 1 aliphatic carbocycles. The largest absolute Gasteiger partial charge is 0.329 e. The summed E-state index contributed by atoms with van der Waals surface area (Å²) in [4.78, 5) is 2.46. The molecule has 0 amide bonds. The number of likely N-dealkylation sites (N-methyl/N-ethyl adjacent to an activating group) is 1. The predicted octanol–water partition coefficient (Wildman–Crippen LogP) is 3.64. The lowest BCUT2D eigenvalue weighted by molar-refractivity contribution is 0.188. The van der Waals surface area contributed by atoms with Crippen LogP contribution in [0.3, 0.4) is 0 Å². The van der Waals surface area contributed by atoms with Crippen molar-refractivity contribution in [1.82, 2.24) is 4.90 Å². The Morgan fingerprint density at radius 2 is 1.95 bits per heavy atom. The van der Waals surface area contributed by atoms with Crippen molar-refractivity contribution >= 4 is 11.8 Å². The molecule has 112 valence electrons. The summed E-state index contributed by atoms with van der Waals surface area (Å²) in [5, 5.41) is 0. The van der Waals surface area contributed by atoms with E-state index >= 15 is 0 Å². The standard InChI is InChI=1S/C17H28N2S/c1-4-16(12-20-3)19(2)17(11-18)15-9-7-14(8-10-15)13-5-6-13/h7-10,13,16-17H,4-6,11-12,18H2,1-3H3. The molecule has 0 radical (unpaired) electrons. The fraction of sp³-hybridized carbons (Fsp3) is 0.647. The number of thioether (sulfide) groups is 1. The fourth-order valence-electron chi connectivity index (χ4n) is 2.91. The van der Waals surface area contributed by atoms with Crippen LogP contribution in [0.25, 0.3) is 0 Å². The third kappa shape index (κ3) is 3.78. The minimum atomic E-state index is 0.334. The molecule has 2 rings (SSSR count). The smallest absolute Gasteiger partial charge is 0.0470 e. The molecule has 1 fully saturated rings. The number of rotatable bonds is 8. The van der Waals surface area contributed by atoms with Crippen LogP contribution in [0, 0.1) is 0 Å². The van der Waals surface area contributed by atoms with E-state index in [1.807, 2.05) is 11.8 Å². The lowest BCUT2D eigenvalue weighted by Gasteiger charge is -2.34. The lowest BCUT2D eigenvalue weighted by Crippen LogP contribution is -2.39. The zero-order valence-electron chi connectivity index (χ0n) is 13.0. The molecule has 20 heavy (non-hydrogen) atoms. The molecule has 1 aromatic carbocycles. The van der Waals surface area contributed by atoms with E-state index < -0.39 is 0 Å². The molecule has 2 unspecified atom stereocenters. The van der Waals surface area contributed by atoms with Crippen LogP contribution < -0.4 is 5.73 Å². The van der Waals surface area contributed by atoms with Gasteiger partial charge in [0.05, 0.1) is 0 Å². The molecule has 0 bridgehead atoms. The molecule has 1 aromatic rings. The SMILES string of the molecule is CCC(CSC)N(C)C(CN)c1ccc(C2CC2)cc1. The zero-order chi connectivity index (χ0) is 14.5. The van der Waals surface area contributed by atoms with E-state index in [-0.39, 0.29) is 0 Å². The Kier molecular flexibility index (Phi) is 5.94. The Labute approximate surface area is 128 Å². The predicted molar refractivity (Wildman–Crippen MR) is 90.4 cm³/mol. The molecular weight excluding hydrogens is 264 g/mol. The van der Waals surface area contributed by atoms with Crippen molar-refractivity contribution < 1.29 is 0 Å². The minimum absolute atomic E-state index is 0.334. The highest BCUT2D eigenvalue weighted by Crippen LogP contribution is 2.40. The van der Waals surface area contributed by atoms with Crippen molar-refractivity contribution in [3.05, 3.63) is 35.4 Å². The summed E-state index contributed by atoms with van der Waals surface area (Å²) in [5.41, 5.74) is 8.92. The summed E-state index contributed by atoms with van der Waals surface area (Å²) < 4.78 is 0. The van der Waals surface area contributed by atoms with E-state index in [0.29, 0.717) is 18.6 Å². The van der Waals surface area contributed by atoms with Gasteiger partial charge in [0.25, 0.3) is 0 Å². The van der Waals surface area contributed by atoms with Crippen LogP contribution in [0.15, 0.2) is 24.3 Å². The second-order valence-corrected chi connectivity index (χ2v) is 6.79. The van der Waals surface area contributed by atoms with Gasteiger partial charge in [0, 0.05) is 24.4 Å². The van der Waals surface area contributed by atoms with E-state index in [1.54, 1.807) is 0 Å². The summed E-state index contributed by atoms with van der Waals surface area (Å²) in [7, 11) is 2.22. The maximum absolute atomic E-state index is 6.06. The molecule has 3 heteroatoms. The molecule has 2 N–H and O–H groups in total. The van der Waals surface area contributed by atoms with Crippen LogP contribution >= 0.6 is 11.8 Å². The molecule has 2 atom stereocenters. The topological polar surface area (TPSA) is 29.3 Å². The van der Waals surface area contributed by atoms with Gasteiger partial charge in [-0.2, -0.15) is 11.8 Å². The number of nitrogens with two attached hydrogens (primary N) is 1. The highest BCUT2D eigenvalue weighted by molar-refractivity contribution is 7.98. The van der Waals surface area contributed by atoms with Crippen LogP contribution in [0.4, 0.5) is 0 Å². The third-order valence-corrected chi connectivity index (χ3v) is 5.21. The molecule has 0 spiro atoms. The normalized spacial score (nSPS) is 18.2. The van der Waals surface area contributed by atoms with Gasteiger partial charge in [-0.3, -0.25) is 4.90 Å². The summed E-state index contributed by atoms with van der Waals surface area (Å²) >= 11 is 1.92. The molecule has 0 saturated heterocycles. The van der Waals surface area contributed by atoms with Crippen molar-refractivity contribution in [3.8, 4) is 0 Å². The van der Waals surface area contributed by atoms with E-state index in [9.17, 15) is 0 Å². The Balaban J connectivity index is 2.09. The maximum Gasteiger partial charge on any atom is 0.0470 e. The Hall–Kier alpha value is -0.510. The molecule has 1 saturated carbocycles. The van der Waals surface area contributed by atoms with Crippen LogP contribution in [-0.4, -0.2) is 36.5 Å². The van der Waals surface area contributed by atoms with E-state index in [1.165, 1.54) is 36.1 Å². The van der Waals surface area contributed by atoms with E-state index in [4.69, 9.17) is 5.73 Å². The first-order valence-corrected chi connectivity index (χ1v) is 9.11. The van der Waals surface area contributed by atoms with Crippen molar-refractivity contribution in [1.29, 1.82) is 0 Å². The summed E-state index contributed by atoms with van der Waals surface area (Å²) in [5.74, 6) is 2.00. The van der Waals surface area contributed by atoms with Gasteiger partial charge < -0.3 is 5.73 Å². The van der Waals surface area contributed by atoms with Gasteiger partial charge in [-0.25, -0.2) is 0 Å². The molecule has 2 nitrogen and oxygen atoms in total. The summed E-state index contributed by atoms with van der Waals surface area (Å²) in [6, 6.07) is 10.1. The van der Waals surface area contributed by atoms with E-state index in [2.05, 4.69) is 49.4 Å². The first-order valence-electron chi connectivity index (χ1n) is 7.72. The van der Waals surface area contributed by atoms with Crippen LogP contribution in [-0.2, 0) is 0 Å². The molecular formula is C17H28N2S. The average Bonchev–Trinajstić information content (AvgIpc) is 3.30. The van der Waals surface area contributed by atoms with Crippen molar-refractivity contribution in [2.75, 3.05) is 25.6 Å². The second kappa shape index (κ2) is 7.48. The molecule has 1 aliphatic rings. The van der Waals surface area contributed by atoms with Crippen LogP contribution in [0.5, 0.6) is 0 Å². The quantitative estimate of drug-likeness (QED) is 0.793. The van der Waals surface area contributed by atoms with Crippen molar-refractivity contribution in [3.63, 3.8) is 0 Å². The fourth-order valence-corrected chi connectivity index (χ4v) is 3.77. The van der Waals surface area contributed by atoms with Gasteiger partial charge >= 0.3 is 0 Å². The van der Waals surface area contributed by atoms with Gasteiger partial charge in [-0.05, 0) is 49.6 Å². The summed E-state index contributed by atoms with van der Waals surface area (Å²) in [6.45, 7) is 2.95. The number of hydrogen-bond donors (Lipinski definition) is 1.